The van der Waals surface area contributed by atoms with E-state index < -0.39 is 5.82 Å². The van der Waals surface area contributed by atoms with E-state index in [1.165, 1.54) is 51.2 Å². The topological polar surface area (TPSA) is 55.9 Å². The fourth-order valence-corrected chi connectivity index (χ4v) is 9.98. The summed E-state index contributed by atoms with van der Waals surface area (Å²) in [5.41, 5.74) is 16.9. The molecule has 11 aromatic rings. The zero-order valence-electron chi connectivity index (χ0n) is 42.8. The van der Waals surface area contributed by atoms with Gasteiger partial charge in [-0.05, 0) is 116 Å². The number of aromatic hydroxyl groups is 1. The third-order valence-corrected chi connectivity index (χ3v) is 14.1. The number of nitrogens with zero attached hydrogens (tertiary/aromatic N) is 4. The molecule has 3 aromatic heterocycles. The third-order valence-electron chi connectivity index (χ3n) is 14.1. The van der Waals surface area contributed by atoms with E-state index in [1.807, 2.05) is 12.3 Å². The van der Waals surface area contributed by atoms with E-state index in [0.29, 0.717) is 16.9 Å². The number of phenols is 1. The van der Waals surface area contributed by atoms with Crippen molar-refractivity contribution in [3.05, 3.63) is 211 Å². The number of para-hydroxylation sites is 2. The number of imidazole rings is 1. The number of aromatic nitrogens is 4. The second kappa shape index (κ2) is 18.6. The van der Waals surface area contributed by atoms with Crippen molar-refractivity contribution in [3.63, 3.8) is 0 Å². The van der Waals surface area contributed by atoms with Gasteiger partial charge in [0.15, 0.2) is 0 Å². The van der Waals surface area contributed by atoms with E-state index in [2.05, 4.69) is 229 Å². The molecule has 11 rings (SSSR count). The van der Waals surface area contributed by atoms with Crippen molar-refractivity contribution < 1.29 is 30.6 Å². The van der Waals surface area contributed by atoms with Gasteiger partial charge in [0.25, 0.3) is 0 Å². The van der Waals surface area contributed by atoms with Crippen LogP contribution in [0.3, 0.4) is 0 Å². The molecule has 5 nitrogen and oxygen atoms in total. The Morgan fingerprint density at radius 1 is 0.466 bits per heavy atom. The first-order valence-corrected chi connectivity index (χ1v) is 24.8. The predicted molar refractivity (Wildman–Crippen MR) is 297 cm³/mol. The first-order valence-electron chi connectivity index (χ1n) is 24.8. The molecule has 0 aliphatic carbocycles. The molecule has 7 heteroatoms. The van der Waals surface area contributed by atoms with Crippen LogP contribution in [0.5, 0.6) is 5.75 Å². The molecule has 1 N–H and O–H groups in total. The Bertz CT molecular complexity index is 3870. The standard InChI is InChI=1S/C66H58FN4O.Pt/c1-64(2,3)47-32-45(53-22-16-24-59-62(53)69-63(56-40-50(67)26-28-61(56)72)71(59)52-38-48(65(4,5)6)37-49(39-52)66(7,8)9)31-46(33-47)57-35-44(29-30-68-57)43-25-27-55-54-21-13-14-23-58(54)70(60(55)36-43)51-20-15-19-42(34-51)41-17-11-10-12-18-41;/h10-30,32-40,72H,1-9H3;/q-1;. The molecular formula is C66H58FN4OPt-. The number of phenolic OH excluding ortho intramolecular Hbond substituents is 1. The summed E-state index contributed by atoms with van der Waals surface area (Å²) < 4.78 is 19.7. The first kappa shape index (κ1) is 49.2. The molecule has 0 spiro atoms. The summed E-state index contributed by atoms with van der Waals surface area (Å²) in [7, 11) is 0. The number of hydrogen-bond acceptors (Lipinski definition) is 3. The molecule has 0 saturated carbocycles. The van der Waals surface area contributed by atoms with E-state index in [9.17, 15) is 5.11 Å². The van der Waals surface area contributed by atoms with E-state index >= 15 is 4.39 Å². The molecule has 73 heavy (non-hydrogen) atoms. The fourth-order valence-electron chi connectivity index (χ4n) is 9.98. The summed E-state index contributed by atoms with van der Waals surface area (Å²) >= 11 is 0. The van der Waals surface area contributed by atoms with Crippen molar-refractivity contribution in [2.45, 2.75) is 78.6 Å². The van der Waals surface area contributed by atoms with Crippen LogP contribution < -0.4 is 0 Å². The maximum atomic E-state index is 15.2. The van der Waals surface area contributed by atoms with Gasteiger partial charge < -0.3 is 9.67 Å². The molecule has 0 amide bonds. The molecule has 0 atom stereocenters. The normalized spacial score (nSPS) is 12.2. The molecule has 0 unspecified atom stereocenters. The smallest absolute Gasteiger partial charge is 0.148 e. The van der Waals surface area contributed by atoms with E-state index in [1.54, 1.807) is 0 Å². The van der Waals surface area contributed by atoms with Gasteiger partial charge in [-0.3, -0.25) is 9.55 Å². The van der Waals surface area contributed by atoms with Crippen molar-refractivity contribution in [2.24, 2.45) is 0 Å². The quantitative estimate of drug-likeness (QED) is 0.162. The molecule has 0 aliphatic heterocycles. The second-order valence-corrected chi connectivity index (χ2v) is 22.3. The first-order chi connectivity index (χ1) is 34.4. The summed E-state index contributed by atoms with van der Waals surface area (Å²) in [4.78, 5) is 10.4. The van der Waals surface area contributed by atoms with Crippen LogP contribution >= 0.6 is 0 Å². The predicted octanol–water partition coefficient (Wildman–Crippen LogP) is 17.4. The van der Waals surface area contributed by atoms with Gasteiger partial charge in [-0.1, -0.05) is 171 Å². The maximum Gasteiger partial charge on any atom is 0.148 e. The second-order valence-electron chi connectivity index (χ2n) is 22.3. The van der Waals surface area contributed by atoms with Gasteiger partial charge in [0.2, 0.25) is 0 Å². The minimum Gasteiger partial charge on any atom is -0.507 e. The van der Waals surface area contributed by atoms with Crippen molar-refractivity contribution in [1.82, 2.24) is 19.1 Å². The minimum atomic E-state index is -0.457. The molecule has 0 aliphatic rings. The van der Waals surface area contributed by atoms with Crippen molar-refractivity contribution >= 4 is 32.8 Å². The van der Waals surface area contributed by atoms with E-state index in [0.717, 1.165) is 67.0 Å². The average Bonchev–Trinajstić information content (AvgIpc) is 3.92. The molecular weight excluding hydrogens is 1080 g/mol. The van der Waals surface area contributed by atoms with Crippen LogP contribution in [0.15, 0.2) is 182 Å². The molecule has 0 fully saturated rings. The number of halogens is 1. The number of hydrogen-bond donors (Lipinski definition) is 1. The zero-order chi connectivity index (χ0) is 50.3. The Balaban J connectivity index is 0.00000611. The van der Waals surface area contributed by atoms with Gasteiger partial charge >= 0.3 is 0 Å². The Morgan fingerprint density at radius 2 is 1.08 bits per heavy atom. The molecule has 0 saturated heterocycles. The number of pyridine rings is 1. The van der Waals surface area contributed by atoms with Gasteiger partial charge in [-0.15, -0.1) is 29.3 Å². The van der Waals surface area contributed by atoms with Crippen molar-refractivity contribution in [1.29, 1.82) is 0 Å². The van der Waals surface area contributed by atoms with E-state index in [4.69, 9.17) is 9.97 Å². The maximum absolute atomic E-state index is 15.2. The van der Waals surface area contributed by atoms with E-state index in [-0.39, 0.29) is 43.1 Å². The largest absolute Gasteiger partial charge is 0.507 e. The van der Waals surface area contributed by atoms with Gasteiger partial charge in [0.05, 0.1) is 27.6 Å². The molecule has 0 bridgehead atoms. The molecule has 0 radical (unpaired) electrons. The van der Waals surface area contributed by atoms with Crippen LogP contribution in [0.4, 0.5) is 4.39 Å². The Morgan fingerprint density at radius 3 is 1.82 bits per heavy atom. The summed E-state index contributed by atoms with van der Waals surface area (Å²) in [6.45, 7) is 20.0. The van der Waals surface area contributed by atoms with Crippen molar-refractivity contribution in [2.75, 3.05) is 0 Å². The number of benzene rings is 8. The number of rotatable bonds is 7. The van der Waals surface area contributed by atoms with Crippen LogP contribution in [-0.4, -0.2) is 24.2 Å². The fraction of sp³-hybridized carbons (Fsp3) is 0.182. The van der Waals surface area contributed by atoms with Crippen LogP contribution in [0, 0.1) is 11.9 Å². The summed E-state index contributed by atoms with van der Waals surface area (Å²) in [6.07, 6.45) is 1.89. The van der Waals surface area contributed by atoms with Crippen LogP contribution in [0.25, 0.3) is 100 Å². The number of fused-ring (bicyclic) bond motifs is 4. The molecule has 8 aromatic carbocycles. The Hall–Kier alpha value is -7.40. The van der Waals surface area contributed by atoms with Gasteiger partial charge in [0.1, 0.15) is 17.4 Å². The van der Waals surface area contributed by atoms with Crippen LogP contribution in [0.2, 0.25) is 0 Å². The third kappa shape index (κ3) is 9.23. The Labute approximate surface area is 442 Å². The van der Waals surface area contributed by atoms with Crippen LogP contribution in [-0.2, 0) is 37.3 Å². The average molecular weight is 1140 g/mol. The molecule has 3 heterocycles. The Kier molecular flexibility index (Phi) is 12.5. The van der Waals surface area contributed by atoms with Crippen LogP contribution in [0.1, 0.15) is 79.0 Å². The minimum absolute atomic E-state index is 0. The summed E-state index contributed by atoms with van der Waals surface area (Å²) in [5.74, 6) is -0.0613. The molecule has 366 valence electrons. The van der Waals surface area contributed by atoms with Gasteiger partial charge in [-0.2, -0.15) is 0 Å². The summed E-state index contributed by atoms with van der Waals surface area (Å²) in [5, 5.41) is 13.8. The monoisotopic (exact) mass is 1140 g/mol. The SMILES string of the molecule is CC(C)(C)c1cc(-c2cc(-c3ccc4c5ccccc5n(-c5cccc(-c6ccccc6)c5)c4c3)ccn2)[c-]c(-c2cccc3c2nc(-c2cc(F)ccc2O)n3-c2cc(C(C)(C)C)cc(C(C)(C)C)c2)c1.[Pt]. The van der Waals surface area contributed by atoms with Gasteiger partial charge in [-0.25, -0.2) is 9.37 Å². The van der Waals surface area contributed by atoms with Crippen molar-refractivity contribution in [3.8, 4) is 73.2 Å². The van der Waals surface area contributed by atoms with Gasteiger partial charge in [0, 0.05) is 55.1 Å². The zero-order valence-corrected chi connectivity index (χ0v) is 45.0. The summed E-state index contributed by atoms with van der Waals surface area (Å²) in [6, 6.07) is 64.1.